The summed E-state index contributed by atoms with van der Waals surface area (Å²) in [5.74, 6) is 0.947. The third-order valence-electron chi connectivity index (χ3n) is 4.31. The molecule has 0 amide bonds. The predicted octanol–water partition coefficient (Wildman–Crippen LogP) is 2.42. The molecule has 0 saturated carbocycles. The summed E-state index contributed by atoms with van der Waals surface area (Å²) in [6, 6.07) is 9.00. The zero-order chi connectivity index (χ0) is 14.8. The zero-order valence-corrected chi connectivity index (χ0v) is 13.0. The first kappa shape index (κ1) is 14.1. The highest BCUT2D eigenvalue weighted by Crippen LogP contribution is 2.29. The number of methoxy groups -OCH3 is 1. The van der Waals surface area contributed by atoms with Gasteiger partial charge in [-0.3, -0.25) is 4.68 Å². The van der Waals surface area contributed by atoms with Crippen LogP contribution >= 0.6 is 0 Å². The monoisotopic (exact) mass is 285 g/mol. The first-order valence-corrected chi connectivity index (χ1v) is 7.63. The molecule has 3 rings (SSSR count). The third-order valence-corrected chi connectivity index (χ3v) is 4.31. The number of ether oxygens (including phenoxy) is 1. The van der Waals surface area contributed by atoms with E-state index in [9.17, 15) is 0 Å². The van der Waals surface area contributed by atoms with Crippen molar-refractivity contribution < 1.29 is 4.74 Å². The van der Waals surface area contributed by atoms with Crippen molar-refractivity contribution in [1.82, 2.24) is 15.1 Å². The maximum absolute atomic E-state index is 5.34. The number of hydrogen-bond acceptors (Lipinski definition) is 3. The fourth-order valence-electron chi connectivity index (χ4n) is 3.08. The lowest BCUT2D eigenvalue weighted by molar-refractivity contribution is 0.412. The molecule has 1 unspecified atom stereocenters. The molecule has 0 fully saturated rings. The van der Waals surface area contributed by atoms with Crippen LogP contribution in [0.15, 0.2) is 24.3 Å². The molecule has 0 aliphatic carbocycles. The van der Waals surface area contributed by atoms with E-state index in [1.807, 2.05) is 11.7 Å². The molecule has 2 aromatic rings. The minimum absolute atomic E-state index is 0.361. The molecule has 1 aromatic heterocycles. The highest BCUT2D eigenvalue weighted by Gasteiger charge is 2.21. The van der Waals surface area contributed by atoms with Crippen molar-refractivity contribution in [2.24, 2.45) is 7.05 Å². The van der Waals surface area contributed by atoms with Crippen molar-refractivity contribution in [3.63, 3.8) is 0 Å². The summed E-state index contributed by atoms with van der Waals surface area (Å²) in [5, 5.41) is 8.18. The maximum Gasteiger partial charge on any atom is 0.119 e. The van der Waals surface area contributed by atoms with E-state index in [4.69, 9.17) is 4.74 Å². The van der Waals surface area contributed by atoms with Crippen molar-refractivity contribution >= 4 is 0 Å². The van der Waals surface area contributed by atoms with Crippen LogP contribution < -0.4 is 10.1 Å². The van der Waals surface area contributed by atoms with Crippen LogP contribution in [0, 0.1) is 0 Å². The van der Waals surface area contributed by atoms with Gasteiger partial charge in [-0.1, -0.05) is 13.0 Å². The number of fused-ring (bicyclic) bond motifs is 1. The SMILES string of the molecule is CCc1cc(CC2NCCc3cc(OC)ccc32)n(C)n1. The Bertz CT molecular complexity index is 633. The molecule has 112 valence electrons. The van der Waals surface area contributed by atoms with Gasteiger partial charge >= 0.3 is 0 Å². The Morgan fingerprint density at radius 1 is 1.38 bits per heavy atom. The quantitative estimate of drug-likeness (QED) is 0.937. The molecule has 4 heteroatoms. The van der Waals surface area contributed by atoms with Gasteiger partial charge in [-0.2, -0.15) is 5.10 Å². The van der Waals surface area contributed by atoms with Crippen molar-refractivity contribution in [2.75, 3.05) is 13.7 Å². The van der Waals surface area contributed by atoms with E-state index in [1.54, 1.807) is 7.11 Å². The standard InChI is InChI=1S/C17H23N3O/c1-4-13-10-14(20(2)19-13)11-17-16-6-5-15(21-3)9-12(16)7-8-18-17/h5-6,9-10,17-18H,4,7-8,11H2,1-3H3. The van der Waals surface area contributed by atoms with Gasteiger partial charge in [-0.05, 0) is 48.7 Å². The molecule has 1 atom stereocenters. The molecule has 0 saturated heterocycles. The Labute approximate surface area is 126 Å². The van der Waals surface area contributed by atoms with Crippen LogP contribution in [-0.4, -0.2) is 23.4 Å². The van der Waals surface area contributed by atoms with Gasteiger partial charge in [0, 0.05) is 25.2 Å². The predicted molar refractivity (Wildman–Crippen MR) is 83.7 cm³/mol. The number of hydrogen-bond donors (Lipinski definition) is 1. The zero-order valence-electron chi connectivity index (χ0n) is 13.0. The molecule has 4 nitrogen and oxygen atoms in total. The molecule has 21 heavy (non-hydrogen) atoms. The summed E-state index contributed by atoms with van der Waals surface area (Å²) in [4.78, 5) is 0. The van der Waals surface area contributed by atoms with E-state index in [0.29, 0.717) is 6.04 Å². The van der Waals surface area contributed by atoms with E-state index >= 15 is 0 Å². The highest BCUT2D eigenvalue weighted by atomic mass is 16.5. The molecule has 1 N–H and O–H groups in total. The summed E-state index contributed by atoms with van der Waals surface area (Å²) in [6.07, 6.45) is 3.02. The van der Waals surface area contributed by atoms with Gasteiger partial charge in [-0.25, -0.2) is 0 Å². The van der Waals surface area contributed by atoms with Gasteiger partial charge < -0.3 is 10.1 Å². The molecule has 1 aliphatic heterocycles. The van der Waals surface area contributed by atoms with Crippen molar-refractivity contribution in [3.05, 3.63) is 46.8 Å². The second-order valence-corrected chi connectivity index (χ2v) is 5.63. The minimum atomic E-state index is 0.361. The second kappa shape index (κ2) is 5.90. The molecule has 1 aliphatic rings. The fraction of sp³-hybridized carbons (Fsp3) is 0.471. The van der Waals surface area contributed by atoms with Gasteiger partial charge in [0.05, 0.1) is 12.8 Å². The number of benzene rings is 1. The van der Waals surface area contributed by atoms with Crippen molar-refractivity contribution in [2.45, 2.75) is 32.2 Å². The van der Waals surface area contributed by atoms with Crippen LogP contribution in [0.4, 0.5) is 0 Å². The topological polar surface area (TPSA) is 39.1 Å². The lowest BCUT2D eigenvalue weighted by atomic mass is 9.91. The first-order chi connectivity index (χ1) is 10.2. The van der Waals surface area contributed by atoms with Gasteiger partial charge in [0.25, 0.3) is 0 Å². The Hall–Kier alpha value is -1.81. The summed E-state index contributed by atoms with van der Waals surface area (Å²) < 4.78 is 7.35. The number of nitrogens with one attached hydrogen (secondary N) is 1. The van der Waals surface area contributed by atoms with Crippen LogP contribution in [0.1, 0.15) is 35.5 Å². The summed E-state index contributed by atoms with van der Waals surface area (Å²) in [5.41, 5.74) is 5.24. The van der Waals surface area contributed by atoms with Crippen molar-refractivity contribution in [3.8, 4) is 5.75 Å². The normalized spacial score (nSPS) is 17.6. The van der Waals surface area contributed by atoms with E-state index < -0.39 is 0 Å². The Morgan fingerprint density at radius 2 is 2.24 bits per heavy atom. The third kappa shape index (κ3) is 2.81. The average molecular weight is 285 g/mol. The maximum atomic E-state index is 5.34. The van der Waals surface area contributed by atoms with E-state index in [1.165, 1.54) is 22.5 Å². The lowest BCUT2D eigenvalue weighted by Crippen LogP contribution is -2.31. The van der Waals surface area contributed by atoms with Crippen LogP contribution in [0.25, 0.3) is 0 Å². The Kier molecular flexibility index (Phi) is 3.97. The molecular weight excluding hydrogens is 262 g/mol. The molecule has 2 heterocycles. The fourth-order valence-corrected chi connectivity index (χ4v) is 3.08. The van der Waals surface area contributed by atoms with Crippen LogP contribution in [-0.2, 0) is 26.3 Å². The summed E-state index contributed by atoms with van der Waals surface area (Å²) in [7, 11) is 3.76. The number of aromatic nitrogens is 2. The number of nitrogens with zero attached hydrogens (tertiary/aromatic N) is 2. The molecular formula is C17H23N3O. The smallest absolute Gasteiger partial charge is 0.119 e. The lowest BCUT2D eigenvalue weighted by Gasteiger charge is -2.27. The van der Waals surface area contributed by atoms with Gasteiger partial charge in [0.1, 0.15) is 5.75 Å². The summed E-state index contributed by atoms with van der Waals surface area (Å²) >= 11 is 0. The number of rotatable bonds is 4. The van der Waals surface area contributed by atoms with Gasteiger partial charge in [0.15, 0.2) is 0 Å². The Morgan fingerprint density at radius 3 is 2.95 bits per heavy atom. The van der Waals surface area contributed by atoms with E-state index in [0.717, 1.165) is 31.6 Å². The van der Waals surface area contributed by atoms with E-state index in [2.05, 4.69) is 41.6 Å². The van der Waals surface area contributed by atoms with E-state index in [-0.39, 0.29) is 0 Å². The summed E-state index contributed by atoms with van der Waals surface area (Å²) in [6.45, 7) is 3.16. The minimum Gasteiger partial charge on any atom is -0.497 e. The average Bonchev–Trinajstić information content (AvgIpc) is 2.87. The highest BCUT2D eigenvalue weighted by molar-refractivity contribution is 5.39. The largest absolute Gasteiger partial charge is 0.497 e. The van der Waals surface area contributed by atoms with Crippen molar-refractivity contribution in [1.29, 1.82) is 0 Å². The van der Waals surface area contributed by atoms with Crippen LogP contribution in [0.2, 0.25) is 0 Å². The molecule has 0 spiro atoms. The number of aryl methyl sites for hydroxylation is 2. The van der Waals surface area contributed by atoms with Gasteiger partial charge in [-0.15, -0.1) is 0 Å². The molecule has 1 aromatic carbocycles. The second-order valence-electron chi connectivity index (χ2n) is 5.63. The van der Waals surface area contributed by atoms with Gasteiger partial charge in [0.2, 0.25) is 0 Å². The first-order valence-electron chi connectivity index (χ1n) is 7.63. The Balaban J connectivity index is 1.86. The van der Waals surface area contributed by atoms with Crippen LogP contribution in [0.3, 0.4) is 0 Å². The molecule has 0 bridgehead atoms. The molecule has 0 radical (unpaired) electrons. The van der Waals surface area contributed by atoms with Crippen LogP contribution in [0.5, 0.6) is 5.75 Å².